The molecule has 15 heavy (non-hydrogen) atoms. The summed E-state index contributed by atoms with van der Waals surface area (Å²) in [5.41, 5.74) is 0.765. The average Bonchev–Trinajstić information content (AvgIpc) is 2.93. The molecule has 0 aromatic carbocycles. The maximum Gasteiger partial charge on any atom is 0.146 e. The SMILES string of the molecule is CCNC(c1ccncc1F)C1CC1C. The van der Waals surface area contributed by atoms with Crippen molar-refractivity contribution in [2.45, 2.75) is 26.3 Å². The zero-order valence-corrected chi connectivity index (χ0v) is 9.20. The van der Waals surface area contributed by atoms with Gasteiger partial charge in [-0.05, 0) is 30.9 Å². The molecule has 3 unspecified atom stereocenters. The Labute approximate surface area is 89.9 Å². The van der Waals surface area contributed by atoms with Crippen molar-refractivity contribution in [2.75, 3.05) is 6.54 Å². The zero-order chi connectivity index (χ0) is 10.8. The molecular formula is C12H17FN2. The van der Waals surface area contributed by atoms with Crippen LogP contribution in [0.1, 0.15) is 31.9 Å². The Morgan fingerprint density at radius 2 is 2.40 bits per heavy atom. The van der Waals surface area contributed by atoms with Gasteiger partial charge in [0, 0.05) is 17.8 Å². The number of aromatic nitrogens is 1. The third-order valence-electron chi connectivity index (χ3n) is 3.16. The predicted octanol–water partition coefficient (Wildman–Crippen LogP) is 2.53. The molecule has 0 spiro atoms. The molecule has 2 rings (SSSR count). The number of nitrogens with zero attached hydrogens (tertiary/aromatic N) is 1. The monoisotopic (exact) mass is 208 g/mol. The van der Waals surface area contributed by atoms with Crippen LogP contribution in [-0.4, -0.2) is 11.5 Å². The second kappa shape index (κ2) is 4.27. The van der Waals surface area contributed by atoms with E-state index in [0.29, 0.717) is 11.8 Å². The van der Waals surface area contributed by atoms with E-state index >= 15 is 0 Å². The number of hydrogen-bond donors (Lipinski definition) is 1. The largest absolute Gasteiger partial charge is 0.310 e. The molecule has 0 aliphatic heterocycles. The summed E-state index contributed by atoms with van der Waals surface area (Å²) in [5.74, 6) is 1.10. The van der Waals surface area contributed by atoms with E-state index in [9.17, 15) is 4.39 Å². The average molecular weight is 208 g/mol. The second-order valence-electron chi connectivity index (χ2n) is 4.31. The lowest BCUT2D eigenvalue weighted by atomic mass is 10.0. The fourth-order valence-electron chi connectivity index (χ4n) is 2.17. The summed E-state index contributed by atoms with van der Waals surface area (Å²) in [7, 11) is 0. The second-order valence-corrected chi connectivity index (χ2v) is 4.31. The molecule has 0 saturated heterocycles. The maximum atomic E-state index is 13.6. The van der Waals surface area contributed by atoms with Gasteiger partial charge in [0.15, 0.2) is 0 Å². The Bertz CT molecular complexity index is 340. The van der Waals surface area contributed by atoms with Crippen LogP contribution in [-0.2, 0) is 0 Å². The Kier molecular flexibility index (Phi) is 3.00. The highest BCUT2D eigenvalue weighted by atomic mass is 19.1. The minimum absolute atomic E-state index is 0.160. The van der Waals surface area contributed by atoms with Crippen LogP contribution in [0.15, 0.2) is 18.5 Å². The van der Waals surface area contributed by atoms with E-state index in [1.807, 2.05) is 0 Å². The number of nitrogens with one attached hydrogen (secondary N) is 1. The molecule has 3 heteroatoms. The molecule has 0 radical (unpaired) electrons. The Morgan fingerprint density at radius 1 is 1.67 bits per heavy atom. The number of rotatable bonds is 4. The molecule has 0 bridgehead atoms. The summed E-state index contributed by atoms with van der Waals surface area (Å²) >= 11 is 0. The van der Waals surface area contributed by atoms with Crippen LogP contribution in [0.5, 0.6) is 0 Å². The van der Waals surface area contributed by atoms with Crippen molar-refractivity contribution in [1.82, 2.24) is 10.3 Å². The smallest absolute Gasteiger partial charge is 0.146 e. The fourth-order valence-corrected chi connectivity index (χ4v) is 2.17. The van der Waals surface area contributed by atoms with Crippen LogP contribution in [0.3, 0.4) is 0 Å². The zero-order valence-electron chi connectivity index (χ0n) is 9.20. The van der Waals surface area contributed by atoms with Gasteiger partial charge in [-0.3, -0.25) is 4.98 Å². The third-order valence-corrected chi connectivity index (χ3v) is 3.16. The summed E-state index contributed by atoms with van der Waals surface area (Å²) in [4.78, 5) is 3.78. The normalized spacial score (nSPS) is 26.3. The van der Waals surface area contributed by atoms with Gasteiger partial charge in [-0.25, -0.2) is 4.39 Å². The standard InChI is InChI=1S/C12H17FN2/c1-3-15-12(10-6-8(10)2)9-4-5-14-7-11(9)13/h4-5,7-8,10,12,15H,3,6H2,1-2H3. The van der Waals surface area contributed by atoms with Gasteiger partial charge in [-0.15, -0.1) is 0 Å². The fraction of sp³-hybridized carbons (Fsp3) is 0.583. The highest BCUT2D eigenvalue weighted by Crippen LogP contribution is 2.47. The number of pyridine rings is 1. The van der Waals surface area contributed by atoms with Gasteiger partial charge in [-0.1, -0.05) is 13.8 Å². The Morgan fingerprint density at radius 3 is 2.93 bits per heavy atom. The van der Waals surface area contributed by atoms with Gasteiger partial charge >= 0.3 is 0 Å². The summed E-state index contributed by atoms with van der Waals surface area (Å²) in [6.07, 6.45) is 4.15. The van der Waals surface area contributed by atoms with Gasteiger partial charge in [0.1, 0.15) is 5.82 Å². The molecular weight excluding hydrogens is 191 g/mol. The summed E-state index contributed by atoms with van der Waals surface area (Å²) in [5, 5.41) is 3.36. The van der Waals surface area contributed by atoms with Gasteiger partial charge < -0.3 is 5.32 Å². The predicted molar refractivity (Wildman–Crippen MR) is 57.9 cm³/mol. The Hall–Kier alpha value is -0.960. The molecule has 1 aromatic heterocycles. The van der Waals surface area contributed by atoms with E-state index in [2.05, 4.69) is 24.1 Å². The quantitative estimate of drug-likeness (QED) is 0.822. The van der Waals surface area contributed by atoms with Crippen molar-refractivity contribution in [3.05, 3.63) is 29.8 Å². The molecule has 1 heterocycles. The first-order valence-corrected chi connectivity index (χ1v) is 5.56. The van der Waals surface area contributed by atoms with Crippen LogP contribution in [0, 0.1) is 17.7 Å². The Balaban J connectivity index is 2.21. The van der Waals surface area contributed by atoms with Crippen LogP contribution in [0.2, 0.25) is 0 Å². The molecule has 1 fully saturated rings. The van der Waals surface area contributed by atoms with Crippen LogP contribution < -0.4 is 5.32 Å². The molecule has 1 aliphatic rings. The van der Waals surface area contributed by atoms with Crippen LogP contribution in [0.4, 0.5) is 4.39 Å². The lowest BCUT2D eigenvalue weighted by Crippen LogP contribution is -2.24. The van der Waals surface area contributed by atoms with Crippen molar-refractivity contribution in [1.29, 1.82) is 0 Å². The van der Waals surface area contributed by atoms with E-state index in [1.165, 1.54) is 12.6 Å². The van der Waals surface area contributed by atoms with Gasteiger partial charge in [0.25, 0.3) is 0 Å². The van der Waals surface area contributed by atoms with Crippen molar-refractivity contribution >= 4 is 0 Å². The first kappa shape index (κ1) is 10.6. The molecule has 82 valence electrons. The highest BCUT2D eigenvalue weighted by Gasteiger charge is 2.40. The van der Waals surface area contributed by atoms with Crippen molar-refractivity contribution < 1.29 is 4.39 Å². The topological polar surface area (TPSA) is 24.9 Å². The summed E-state index contributed by atoms with van der Waals surface area (Å²) < 4.78 is 13.6. The van der Waals surface area contributed by atoms with Crippen molar-refractivity contribution in [3.63, 3.8) is 0 Å². The molecule has 2 nitrogen and oxygen atoms in total. The van der Waals surface area contributed by atoms with Crippen LogP contribution >= 0.6 is 0 Å². The highest BCUT2D eigenvalue weighted by molar-refractivity contribution is 5.20. The van der Waals surface area contributed by atoms with E-state index in [-0.39, 0.29) is 11.9 Å². The maximum absolute atomic E-state index is 13.6. The molecule has 1 aromatic rings. The molecule has 3 atom stereocenters. The lowest BCUT2D eigenvalue weighted by Gasteiger charge is -2.18. The first-order valence-electron chi connectivity index (χ1n) is 5.56. The van der Waals surface area contributed by atoms with Gasteiger partial charge in [0.2, 0.25) is 0 Å². The van der Waals surface area contributed by atoms with E-state index in [4.69, 9.17) is 0 Å². The number of hydrogen-bond acceptors (Lipinski definition) is 2. The summed E-state index contributed by atoms with van der Waals surface area (Å²) in [6, 6.07) is 1.95. The molecule has 1 aliphatic carbocycles. The van der Waals surface area contributed by atoms with E-state index < -0.39 is 0 Å². The van der Waals surface area contributed by atoms with Gasteiger partial charge in [0.05, 0.1) is 6.20 Å². The van der Waals surface area contributed by atoms with Crippen molar-refractivity contribution in [2.24, 2.45) is 11.8 Å². The minimum Gasteiger partial charge on any atom is -0.310 e. The van der Waals surface area contributed by atoms with Crippen LogP contribution in [0.25, 0.3) is 0 Å². The lowest BCUT2D eigenvalue weighted by molar-refractivity contribution is 0.451. The molecule has 1 saturated carbocycles. The van der Waals surface area contributed by atoms with E-state index in [0.717, 1.165) is 12.1 Å². The van der Waals surface area contributed by atoms with Crippen molar-refractivity contribution in [3.8, 4) is 0 Å². The van der Waals surface area contributed by atoms with E-state index in [1.54, 1.807) is 12.3 Å². The number of halogens is 1. The minimum atomic E-state index is -0.192. The molecule has 1 N–H and O–H groups in total. The first-order chi connectivity index (χ1) is 7.24. The molecule has 0 amide bonds. The summed E-state index contributed by atoms with van der Waals surface area (Å²) in [6.45, 7) is 5.14. The third kappa shape index (κ3) is 2.17. The van der Waals surface area contributed by atoms with Gasteiger partial charge in [-0.2, -0.15) is 0 Å².